The molecule has 0 spiro atoms. The Morgan fingerprint density at radius 3 is 1.30 bits per heavy atom. The van der Waals surface area contributed by atoms with Gasteiger partial charge in [-0.25, -0.2) is 29.9 Å². The van der Waals surface area contributed by atoms with Crippen LogP contribution in [0, 0.1) is 0 Å². The van der Waals surface area contributed by atoms with E-state index in [4.69, 9.17) is 29.9 Å². The summed E-state index contributed by atoms with van der Waals surface area (Å²) >= 11 is 5.78. The van der Waals surface area contributed by atoms with Gasteiger partial charge in [-0.15, -0.1) is 34.0 Å². The number of rotatable bonds is 8. The molecule has 0 bridgehead atoms. The van der Waals surface area contributed by atoms with Crippen LogP contribution < -0.4 is 0 Å². The van der Waals surface area contributed by atoms with Crippen molar-refractivity contribution >= 4 is 160 Å². The summed E-state index contributed by atoms with van der Waals surface area (Å²) in [5.74, 6) is 1.50. The molecule has 3 aliphatic carbocycles. The Kier molecular flexibility index (Phi) is 20.6. The molecular weight excluding hydrogens is 1840 g/mol. The number of hydrogen-bond donors (Lipinski definition) is 0. The highest BCUT2D eigenvalue weighted by molar-refractivity contribution is 7.27. The molecule has 6 aromatic heterocycles. The zero-order chi connectivity index (χ0) is 99.5. The van der Waals surface area contributed by atoms with E-state index < -0.39 is 0 Å². The summed E-state index contributed by atoms with van der Waals surface area (Å²) in [5, 5.41) is 18.0. The molecule has 0 amide bonds. The smallest absolute Gasteiger partial charge is 0.160 e. The second-order valence-corrected chi connectivity index (χ2v) is 46.6. The predicted molar refractivity (Wildman–Crippen MR) is 628 cm³/mol. The second kappa shape index (κ2) is 33.7. The van der Waals surface area contributed by atoms with Gasteiger partial charge in [0.2, 0.25) is 0 Å². The Bertz CT molecular complexity index is 9980. The topological polar surface area (TPSA) is 77.3 Å². The van der Waals surface area contributed by atoms with Crippen molar-refractivity contribution in [2.75, 3.05) is 0 Å². The maximum atomic E-state index is 5.27. The summed E-state index contributed by atoms with van der Waals surface area (Å²) in [6, 6.07) is 149. The van der Waals surface area contributed by atoms with E-state index in [1.54, 1.807) is 0 Å². The van der Waals surface area contributed by atoms with Crippen LogP contribution in [0.25, 0.3) is 249 Å². The lowest BCUT2D eigenvalue weighted by atomic mass is 9.54. The van der Waals surface area contributed by atoms with Crippen molar-refractivity contribution in [3.05, 3.63) is 446 Å². The monoisotopic (exact) mass is 1940 g/mol. The van der Waals surface area contributed by atoms with Crippen molar-refractivity contribution in [3.63, 3.8) is 0 Å². The van der Waals surface area contributed by atoms with E-state index in [-0.39, 0.29) is 32.5 Å². The summed E-state index contributed by atoms with van der Waals surface area (Å²) in [4.78, 5) is 31.0. The van der Waals surface area contributed by atoms with Gasteiger partial charge in [-0.3, -0.25) is 0 Å². The molecule has 20 aromatic carbocycles. The number of thiophene rings is 3. The first-order valence-electron chi connectivity index (χ1n) is 51.2. The lowest BCUT2D eigenvalue weighted by molar-refractivity contribution is 0.299. The summed E-state index contributed by atoms with van der Waals surface area (Å²) in [7, 11) is 0. The third kappa shape index (κ3) is 14.0. The third-order valence-corrected chi connectivity index (χ3v) is 37.7. The van der Waals surface area contributed by atoms with Crippen molar-refractivity contribution in [3.8, 4) is 123 Å². The van der Waals surface area contributed by atoms with Crippen LogP contribution in [-0.4, -0.2) is 29.9 Å². The lowest BCUT2D eigenvalue weighted by Gasteiger charge is -2.49. The molecule has 3 aliphatic rings. The van der Waals surface area contributed by atoms with Gasteiger partial charge < -0.3 is 0 Å². The maximum Gasteiger partial charge on any atom is 0.160 e. The number of aromatic nitrogens is 6. The van der Waals surface area contributed by atoms with Gasteiger partial charge >= 0.3 is 0 Å². The van der Waals surface area contributed by atoms with Gasteiger partial charge in [0.05, 0.1) is 44.8 Å². The molecule has 0 atom stereocenters. The van der Waals surface area contributed by atoms with Gasteiger partial charge in [-0.05, 0) is 222 Å². The summed E-state index contributed by atoms with van der Waals surface area (Å²) < 4.78 is 8.09. The second-order valence-electron chi connectivity index (χ2n) is 43.4. The average molecular weight is 1940 g/mol. The van der Waals surface area contributed by atoms with E-state index in [1.165, 1.54) is 171 Å². The van der Waals surface area contributed by atoms with E-state index in [2.05, 4.69) is 453 Å². The highest BCUT2D eigenvalue weighted by atomic mass is 32.1. The van der Waals surface area contributed by atoms with E-state index in [0.29, 0.717) is 0 Å². The SMILES string of the molecule is CC1(C)c2cc(-c3ccc4c(-c5ccccc5)nc(-c5ccccc5)nc4c3)ccc2-c2c(ccc3c2sc2ccc4ccccc4c23)C1(C)C.CC1(C)c2cc3sc4ccc(-c5ccc6nc(-c7ccccc7)c(-c7ccccc7)nc6c5)cc4c3cc2-c2ccc3ccccc3c2C1(C)C.CC1(C)c2ccccc2-c2c(c3sc4ccc(-c5nc(-c6ccccc6)c6ccccc6n5)cc4c3c3ccccc23)C1(C)C. The van der Waals surface area contributed by atoms with Gasteiger partial charge in [0.25, 0.3) is 0 Å². The molecule has 0 saturated heterocycles. The number of benzene rings is 20. The van der Waals surface area contributed by atoms with Gasteiger partial charge in [0.1, 0.15) is 0 Å². The van der Waals surface area contributed by atoms with E-state index in [0.717, 1.165) is 112 Å². The molecule has 6 nitrogen and oxygen atoms in total. The first kappa shape index (κ1) is 89.7. The minimum absolute atomic E-state index is 0.0416. The Morgan fingerprint density at radius 2 is 0.612 bits per heavy atom. The molecule has 147 heavy (non-hydrogen) atoms. The quantitative estimate of drug-likeness (QED) is 0.151. The zero-order valence-electron chi connectivity index (χ0n) is 84.2. The molecule has 29 rings (SSSR count). The fourth-order valence-corrected chi connectivity index (χ4v) is 28.2. The number of nitrogens with zero attached hydrogens (tertiary/aromatic N) is 6. The molecule has 0 saturated carbocycles. The van der Waals surface area contributed by atoms with Crippen molar-refractivity contribution in [2.45, 2.75) is 116 Å². The van der Waals surface area contributed by atoms with Gasteiger partial charge in [0.15, 0.2) is 11.6 Å². The van der Waals surface area contributed by atoms with Crippen LogP contribution in [0.3, 0.4) is 0 Å². The number of hydrogen-bond acceptors (Lipinski definition) is 9. The zero-order valence-corrected chi connectivity index (χ0v) is 86.6. The van der Waals surface area contributed by atoms with Crippen molar-refractivity contribution < 1.29 is 0 Å². The minimum atomic E-state index is -0.109. The van der Waals surface area contributed by atoms with Crippen LogP contribution in [0.15, 0.2) is 413 Å². The fourth-order valence-electron chi connectivity index (χ4n) is 24.4. The normalized spacial score (nSPS) is 14.7. The third-order valence-electron chi connectivity index (χ3n) is 34.2. The molecule has 26 aromatic rings. The highest BCUT2D eigenvalue weighted by Gasteiger charge is 2.51. The molecule has 704 valence electrons. The predicted octanol–water partition coefficient (Wildman–Crippen LogP) is 38.5. The number of para-hydroxylation sites is 1. The van der Waals surface area contributed by atoms with Gasteiger partial charge in [0, 0.05) is 121 Å². The Balaban J connectivity index is 0.000000109. The van der Waals surface area contributed by atoms with Crippen LogP contribution in [0.5, 0.6) is 0 Å². The van der Waals surface area contributed by atoms with E-state index in [9.17, 15) is 0 Å². The van der Waals surface area contributed by atoms with Crippen LogP contribution in [0.1, 0.15) is 116 Å². The van der Waals surface area contributed by atoms with Crippen molar-refractivity contribution in [2.24, 2.45) is 0 Å². The molecule has 0 radical (unpaired) electrons. The van der Waals surface area contributed by atoms with Crippen LogP contribution in [-0.2, 0) is 32.5 Å². The molecule has 9 heteroatoms. The Hall–Kier alpha value is -16.1. The minimum Gasteiger partial charge on any atom is -0.244 e. The standard InChI is InChI=1S/2C48H36N2S.C42H32N2S/c1-47(2)38-25-24-37-42-34-18-12-11-13-29(34)21-26-41(42)51-45(37)43(38)35-22-19-32(27-39(35)48(47,3)4)33-20-23-36-40(28-33)49-46(31-16-9-6-10-17-31)50-44(36)30-14-7-5-8-15-30;1-47(2)39-28-43-38(27-36(39)35-22-19-29-13-11-12-18-34(29)44(35)48(47,3)4)37-25-32(21-24-42(37)51-43)33-20-23-40-41(26-33)50-46(31-16-9-6-10-17-31)45(49-40)30-14-7-5-8-15-30;1-41(2)32-20-12-10-18-29(32)35-27-16-8-9-17-28(27)36-31-24-26(22-23-34(31)45-39(36)37(35)42(41,3)4)40-43-33-21-13-11-19-30(33)38(44-40)25-14-6-5-7-15-25/h2*5-28H,1-4H3;5-24H,1-4H3. The molecule has 0 unspecified atom stereocenters. The van der Waals surface area contributed by atoms with E-state index in [1.807, 2.05) is 76.5 Å². The molecule has 0 aliphatic heterocycles. The summed E-state index contributed by atoms with van der Waals surface area (Å²) in [6.45, 7) is 29.2. The average Bonchev–Trinajstić information content (AvgIpc) is 1.66. The molecular formula is C138H104N6S3. The first-order valence-corrected chi connectivity index (χ1v) is 53.6. The molecule has 0 fully saturated rings. The first-order chi connectivity index (χ1) is 71.4. The Morgan fingerprint density at radius 1 is 0.177 bits per heavy atom. The summed E-state index contributed by atoms with van der Waals surface area (Å²) in [5.41, 5.74) is 34.9. The largest absolute Gasteiger partial charge is 0.244 e. The van der Waals surface area contributed by atoms with Crippen LogP contribution in [0.4, 0.5) is 0 Å². The van der Waals surface area contributed by atoms with Crippen molar-refractivity contribution in [1.82, 2.24) is 29.9 Å². The highest BCUT2D eigenvalue weighted by Crippen LogP contribution is 2.63. The summed E-state index contributed by atoms with van der Waals surface area (Å²) in [6.07, 6.45) is 0. The van der Waals surface area contributed by atoms with Crippen LogP contribution in [0.2, 0.25) is 0 Å². The molecule has 0 N–H and O–H groups in total. The van der Waals surface area contributed by atoms with Gasteiger partial charge in [-0.2, -0.15) is 0 Å². The Labute approximate surface area is 867 Å². The molecule has 6 heterocycles. The maximum absolute atomic E-state index is 5.27. The van der Waals surface area contributed by atoms with Crippen LogP contribution >= 0.6 is 34.0 Å². The van der Waals surface area contributed by atoms with Gasteiger partial charge in [-0.1, -0.05) is 411 Å². The lowest BCUT2D eigenvalue weighted by Crippen LogP contribution is -2.43. The fraction of sp³-hybridized carbons (Fsp3) is 0.130. The van der Waals surface area contributed by atoms with Crippen molar-refractivity contribution in [1.29, 1.82) is 0 Å². The number of fused-ring (bicyclic) bond motifs is 30. The van der Waals surface area contributed by atoms with E-state index >= 15 is 0 Å².